The molecule has 90 valence electrons. The van der Waals surface area contributed by atoms with Crippen molar-refractivity contribution in [1.82, 2.24) is 5.32 Å². The molecular weight excluding hydrogens is 218 g/mol. The molecule has 0 rings (SSSR count). The smallest absolute Gasteiger partial charge is 0.383 e. The Morgan fingerprint density at radius 1 is 1.40 bits per heavy atom. The Bertz CT molecular complexity index is 223. The molecule has 2 N–H and O–H groups in total. The molecule has 0 aliphatic rings. The minimum Gasteiger partial charge on any atom is -0.396 e. The van der Waals surface area contributed by atoms with E-state index in [9.17, 15) is 22.4 Å². The molecular formula is C8H13F4NO2. The third-order valence-corrected chi connectivity index (χ3v) is 2.08. The minimum atomic E-state index is -4.69. The highest BCUT2D eigenvalue weighted by Crippen LogP contribution is 2.23. The molecule has 0 radical (unpaired) electrons. The highest BCUT2D eigenvalue weighted by molar-refractivity contribution is 5.84. The Kier molecular flexibility index (Phi) is 4.99. The summed E-state index contributed by atoms with van der Waals surface area (Å²) in [6.45, 7) is 2.51. The lowest BCUT2D eigenvalue weighted by molar-refractivity contribution is -0.170. The van der Waals surface area contributed by atoms with Crippen molar-refractivity contribution >= 4 is 5.91 Å². The molecule has 0 saturated heterocycles. The summed E-state index contributed by atoms with van der Waals surface area (Å²) in [4.78, 5) is 10.7. The number of carbonyl (C=O) groups excluding carboxylic acids is 1. The zero-order chi connectivity index (χ0) is 12.2. The van der Waals surface area contributed by atoms with Gasteiger partial charge in [-0.3, -0.25) is 4.79 Å². The van der Waals surface area contributed by atoms with E-state index in [2.05, 4.69) is 0 Å². The fraction of sp³-hybridized carbons (Fsp3) is 0.875. The number of carbonyl (C=O) groups is 1. The number of alkyl halides is 4. The summed E-state index contributed by atoms with van der Waals surface area (Å²) in [6, 6.07) is -0.799. The van der Waals surface area contributed by atoms with Crippen LogP contribution in [0.15, 0.2) is 0 Å². The number of halogens is 4. The predicted molar refractivity (Wildman–Crippen MR) is 44.8 cm³/mol. The Balaban J connectivity index is 4.37. The predicted octanol–water partition coefficient (Wildman–Crippen LogP) is 1.02. The highest BCUT2D eigenvalue weighted by atomic mass is 19.3. The third kappa shape index (κ3) is 3.65. The lowest BCUT2D eigenvalue weighted by atomic mass is 10.0. The van der Waals surface area contributed by atoms with Crippen LogP contribution in [0.25, 0.3) is 0 Å². The Morgan fingerprint density at radius 2 is 1.87 bits per heavy atom. The second-order valence-electron chi connectivity index (χ2n) is 3.35. The van der Waals surface area contributed by atoms with E-state index < -0.39 is 30.2 Å². The van der Waals surface area contributed by atoms with Crippen LogP contribution in [0.2, 0.25) is 0 Å². The van der Waals surface area contributed by atoms with E-state index in [0.717, 1.165) is 0 Å². The standard InChI is InChI=1S/C8H13F4NO2/c1-4(3-14)5(2)13-7(15)8(11,12)6(9)10/h4-6,14H,3H2,1-2H3,(H,13,15). The molecule has 0 aliphatic carbocycles. The molecule has 0 fully saturated rings. The normalized spacial score (nSPS) is 16.3. The van der Waals surface area contributed by atoms with Crippen LogP contribution in [0.4, 0.5) is 17.6 Å². The van der Waals surface area contributed by atoms with Crippen molar-refractivity contribution in [2.75, 3.05) is 6.61 Å². The molecule has 0 bridgehead atoms. The van der Waals surface area contributed by atoms with Crippen LogP contribution >= 0.6 is 0 Å². The van der Waals surface area contributed by atoms with Crippen LogP contribution in [0.3, 0.4) is 0 Å². The summed E-state index contributed by atoms with van der Waals surface area (Å²) in [5.74, 6) is -7.20. The quantitative estimate of drug-likeness (QED) is 0.694. The van der Waals surface area contributed by atoms with Crippen molar-refractivity contribution < 1.29 is 27.5 Å². The van der Waals surface area contributed by atoms with Crippen LogP contribution in [-0.2, 0) is 4.79 Å². The minimum absolute atomic E-state index is 0.332. The Morgan fingerprint density at radius 3 is 2.20 bits per heavy atom. The summed E-state index contributed by atoms with van der Waals surface area (Å²) >= 11 is 0. The van der Waals surface area contributed by atoms with Gasteiger partial charge < -0.3 is 10.4 Å². The summed E-state index contributed by atoms with van der Waals surface area (Å²) in [7, 11) is 0. The van der Waals surface area contributed by atoms with E-state index >= 15 is 0 Å². The Labute approximate surface area is 84.5 Å². The van der Waals surface area contributed by atoms with Crippen LogP contribution in [-0.4, -0.2) is 36.0 Å². The number of hydrogen-bond donors (Lipinski definition) is 2. The highest BCUT2D eigenvalue weighted by Gasteiger charge is 2.49. The van der Waals surface area contributed by atoms with Gasteiger partial charge in [-0.05, 0) is 12.8 Å². The number of hydrogen-bond acceptors (Lipinski definition) is 2. The maximum Gasteiger partial charge on any atom is 0.383 e. The first-order chi connectivity index (χ1) is 6.73. The van der Waals surface area contributed by atoms with Crippen molar-refractivity contribution in [3.63, 3.8) is 0 Å². The first-order valence-electron chi connectivity index (χ1n) is 4.31. The number of aliphatic hydroxyl groups is 1. The van der Waals surface area contributed by atoms with Crippen molar-refractivity contribution in [2.24, 2.45) is 5.92 Å². The maximum atomic E-state index is 12.4. The summed E-state index contributed by atoms with van der Waals surface area (Å²) in [6.07, 6.45) is -4.03. The first kappa shape index (κ1) is 14.2. The molecule has 2 unspecified atom stereocenters. The molecule has 0 saturated carbocycles. The topological polar surface area (TPSA) is 49.3 Å². The molecule has 0 heterocycles. The number of rotatable bonds is 5. The van der Waals surface area contributed by atoms with E-state index in [1.807, 2.05) is 0 Å². The largest absolute Gasteiger partial charge is 0.396 e. The van der Waals surface area contributed by atoms with Gasteiger partial charge in [0.15, 0.2) is 0 Å². The number of amides is 1. The fourth-order valence-corrected chi connectivity index (χ4v) is 0.702. The molecule has 1 amide bonds. The lowest BCUT2D eigenvalue weighted by Gasteiger charge is -2.22. The Hall–Kier alpha value is -0.850. The summed E-state index contributed by atoms with van der Waals surface area (Å²) in [5.41, 5.74) is 0. The number of aliphatic hydroxyl groups excluding tert-OH is 1. The summed E-state index contributed by atoms with van der Waals surface area (Å²) < 4.78 is 48.4. The van der Waals surface area contributed by atoms with Gasteiger partial charge >= 0.3 is 12.3 Å². The van der Waals surface area contributed by atoms with Gasteiger partial charge in [-0.15, -0.1) is 0 Å². The zero-order valence-electron chi connectivity index (χ0n) is 8.31. The second-order valence-corrected chi connectivity index (χ2v) is 3.35. The van der Waals surface area contributed by atoms with Gasteiger partial charge in [0.05, 0.1) is 0 Å². The molecule has 2 atom stereocenters. The van der Waals surface area contributed by atoms with Crippen molar-refractivity contribution in [1.29, 1.82) is 0 Å². The van der Waals surface area contributed by atoms with Crippen LogP contribution < -0.4 is 5.32 Å². The van der Waals surface area contributed by atoms with Gasteiger partial charge in [0, 0.05) is 12.6 Å². The van der Waals surface area contributed by atoms with Crippen LogP contribution in [0.5, 0.6) is 0 Å². The van der Waals surface area contributed by atoms with Crippen LogP contribution in [0.1, 0.15) is 13.8 Å². The molecule has 0 aromatic heterocycles. The van der Waals surface area contributed by atoms with Gasteiger partial charge in [-0.1, -0.05) is 6.92 Å². The average molecular weight is 231 g/mol. The van der Waals surface area contributed by atoms with E-state index in [0.29, 0.717) is 0 Å². The maximum absolute atomic E-state index is 12.4. The molecule has 0 aromatic rings. The average Bonchev–Trinajstić information content (AvgIpc) is 2.15. The van der Waals surface area contributed by atoms with Crippen molar-refractivity contribution in [2.45, 2.75) is 32.2 Å². The third-order valence-electron chi connectivity index (χ3n) is 2.08. The van der Waals surface area contributed by atoms with E-state index in [1.54, 1.807) is 5.32 Å². The zero-order valence-corrected chi connectivity index (χ0v) is 8.31. The SMILES string of the molecule is CC(CO)C(C)NC(=O)C(F)(F)C(F)F. The van der Waals surface area contributed by atoms with E-state index in [-0.39, 0.29) is 6.61 Å². The molecule has 0 spiro atoms. The van der Waals surface area contributed by atoms with E-state index in [1.165, 1.54) is 13.8 Å². The molecule has 15 heavy (non-hydrogen) atoms. The second kappa shape index (κ2) is 5.29. The molecule has 7 heteroatoms. The fourth-order valence-electron chi connectivity index (χ4n) is 0.702. The molecule has 0 aliphatic heterocycles. The van der Waals surface area contributed by atoms with Gasteiger partial charge in [0.2, 0.25) is 0 Å². The monoisotopic (exact) mass is 231 g/mol. The van der Waals surface area contributed by atoms with Gasteiger partial charge in [0.1, 0.15) is 0 Å². The van der Waals surface area contributed by atoms with Crippen molar-refractivity contribution in [3.8, 4) is 0 Å². The van der Waals surface area contributed by atoms with Crippen molar-refractivity contribution in [3.05, 3.63) is 0 Å². The van der Waals surface area contributed by atoms with Gasteiger partial charge in [0.25, 0.3) is 5.91 Å². The first-order valence-corrected chi connectivity index (χ1v) is 4.31. The van der Waals surface area contributed by atoms with Gasteiger partial charge in [-0.25, -0.2) is 8.78 Å². The van der Waals surface area contributed by atoms with Gasteiger partial charge in [-0.2, -0.15) is 8.78 Å². The lowest BCUT2D eigenvalue weighted by Crippen LogP contribution is -2.50. The van der Waals surface area contributed by atoms with E-state index in [4.69, 9.17) is 5.11 Å². The molecule has 0 aromatic carbocycles. The molecule has 3 nitrogen and oxygen atoms in total. The van der Waals surface area contributed by atoms with Crippen LogP contribution in [0, 0.1) is 5.92 Å². The summed E-state index contributed by atoms with van der Waals surface area (Å²) in [5, 5.41) is 10.4. The number of nitrogens with one attached hydrogen (secondary N) is 1.